The summed E-state index contributed by atoms with van der Waals surface area (Å²) in [6.07, 6.45) is 2.49. The molecule has 2 N–H and O–H groups in total. The number of halogens is 3. The Bertz CT molecular complexity index is 585. The summed E-state index contributed by atoms with van der Waals surface area (Å²) in [7, 11) is 0. The van der Waals surface area contributed by atoms with Crippen LogP contribution in [0.15, 0.2) is 28.9 Å². The number of hydrogen-bond donors (Lipinski definition) is 1. The van der Waals surface area contributed by atoms with E-state index in [0.29, 0.717) is 16.3 Å². The Kier molecular flexibility index (Phi) is 4.60. The van der Waals surface area contributed by atoms with Gasteiger partial charge in [-0.3, -0.25) is 4.68 Å². The molecule has 2 aromatic rings. The maximum atomic E-state index is 13.4. The molecule has 1 aromatic heterocycles. The van der Waals surface area contributed by atoms with Crippen LogP contribution in [0.4, 0.5) is 4.39 Å². The fourth-order valence-electron chi connectivity index (χ4n) is 1.97. The summed E-state index contributed by atoms with van der Waals surface area (Å²) in [4.78, 5) is 0. The molecule has 1 heterocycles. The standard InChI is InChI=1S/C13H14BrClFN3/c1-2-5-19-13(11(15)7-18-19)12(17)9-6-8(16)3-4-10(9)14/h3-4,6-7,12H,2,5,17H2,1H3. The van der Waals surface area contributed by atoms with E-state index in [1.54, 1.807) is 16.9 Å². The van der Waals surface area contributed by atoms with Gasteiger partial charge < -0.3 is 5.73 Å². The fraction of sp³-hybridized carbons (Fsp3) is 0.308. The van der Waals surface area contributed by atoms with Crippen LogP contribution in [-0.2, 0) is 6.54 Å². The molecule has 0 saturated heterocycles. The summed E-state index contributed by atoms with van der Waals surface area (Å²) in [6.45, 7) is 2.77. The highest BCUT2D eigenvalue weighted by Gasteiger charge is 2.20. The van der Waals surface area contributed by atoms with Gasteiger partial charge in [0.2, 0.25) is 0 Å². The van der Waals surface area contributed by atoms with Crippen LogP contribution < -0.4 is 5.73 Å². The predicted octanol–water partition coefficient (Wildman–Crippen LogP) is 3.90. The number of hydrogen-bond acceptors (Lipinski definition) is 2. The Morgan fingerprint density at radius 2 is 2.26 bits per heavy atom. The van der Waals surface area contributed by atoms with Crippen molar-refractivity contribution in [3.63, 3.8) is 0 Å². The lowest BCUT2D eigenvalue weighted by molar-refractivity contribution is 0.557. The van der Waals surface area contributed by atoms with Crippen LogP contribution in [0.1, 0.15) is 30.6 Å². The summed E-state index contributed by atoms with van der Waals surface area (Å²) in [6, 6.07) is 3.91. The molecule has 0 bridgehead atoms. The molecule has 0 aliphatic carbocycles. The van der Waals surface area contributed by atoms with Gasteiger partial charge in [-0.05, 0) is 30.2 Å². The average molecular weight is 347 g/mol. The maximum Gasteiger partial charge on any atom is 0.123 e. The van der Waals surface area contributed by atoms with Crippen molar-refractivity contribution < 1.29 is 4.39 Å². The third-order valence-corrected chi connectivity index (χ3v) is 3.87. The minimum atomic E-state index is -0.522. The smallest absolute Gasteiger partial charge is 0.123 e. The number of aromatic nitrogens is 2. The van der Waals surface area contributed by atoms with E-state index in [1.165, 1.54) is 12.1 Å². The summed E-state index contributed by atoms with van der Waals surface area (Å²) in [5.41, 5.74) is 7.58. The van der Waals surface area contributed by atoms with Gasteiger partial charge in [-0.25, -0.2) is 4.39 Å². The third kappa shape index (κ3) is 2.99. The van der Waals surface area contributed by atoms with E-state index in [4.69, 9.17) is 17.3 Å². The quantitative estimate of drug-likeness (QED) is 0.912. The van der Waals surface area contributed by atoms with Crippen LogP contribution >= 0.6 is 27.5 Å². The van der Waals surface area contributed by atoms with Gasteiger partial charge in [-0.2, -0.15) is 5.10 Å². The zero-order chi connectivity index (χ0) is 14.0. The van der Waals surface area contributed by atoms with Crippen molar-refractivity contribution >= 4 is 27.5 Å². The Morgan fingerprint density at radius 1 is 1.53 bits per heavy atom. The van der Waals surface area contributed by atoms with Crippen LogP contribution in [0.5, 0.6) is 0 Å². The molecular weight excluding hydrogens is 333 g/mol. The van der Waals surface area contributed by atoms with Gasteiger partial charge in [0.25, 0.3) is 0 Å². The largest absolute Gasteiger partial charge is 0.319 e. The average Bonchev–Trinajstić information content (AvgIpc) is 2.73. The first-order valence-corrected chi connectivity index (χ1v) is 7.13. The highest BCUT2D eigenvalue weighted by atomic mass is 79.9. The van der Waals surface area contributed by atoms with Gasteiger partial charge in [-0.1, -0.05) is 34.5 Å². The summed E-state index contributed by atoms with van der Waals surface area (Å²) in [5, 5.41) is 4.70. The lowest BCUT2D eigenvalue weighted by Gasteiger charge is -2.16. The van der Waals surface area contributed by atoms with Crippen LogP contribution in [0.25, 0.3) is 0 Å². The van der Waals surface area contributed by atoms with E-state index < -0.39 is 6.04 Å². The summed E-state index contributed by atoms with van der Waals surface area (Å²) in [5.74, 6) is -0.327. The molecule has 1 unspecified atom stereocenters. The number of nitrogens with zero attached hydrogens (tertiary/aromatic N) is 2. The molecular formula is C13H14BrClFN3. The van der Waals surface area contributed by atoms with Crippen molar-refractivity contribution in [2.45, 2.75) is 25.9 Å². The van der Waals surface area contributed by atoms with E-state index in [9.17, 15) is 4.39 Å². The van der Waals surface area contributed by atoms with E-state index in [0.717, 1.165) is 17.4 Å². The molecule has 0 amide bonds. The maximum absolute atomic E-state index is 13.4. The molecule has 0 radical (unpaired) electrons. The highest BCUT2D eigenvalue weighted by Crippen LogP contribution is 2.31. The van der Waals surface area contributed by atoms with Crippen molar-refractivity contribution in [1.29, 1.82) is 0 Å². The van der Waals surface area contributed by atoms with E-state index in [2.05, 4.69) is 21.0 Å². The second kappa shape index (κ2) is 6.03. The van der Waals surface area contributed by atoms with Gasteiger partial charge >= 0.3 is 0 Å². The molecule has 19 heavy (non-hydrogen) atoms. The molecule has 0 aliphatic heterocycles. The fourth-order valence-corrected chi connectivity index (χ4v) is 2.72. The van der Waals surface area contributed by atoms with E-state index in [-0.39, 0.29) is 5.82 Å². The van der Waals surface area contributed by atoms with Gasteiger partial charge in [0.15, 0.2) is 0 Å². The molecule has 6 heteroatoms. The number of benzene rings is 1. The minimum absolute atomic E-state index is 0.327. The minimum Gasteiger partial charge on any atom is -0.319 e. The number of rotatable bonds is 4. The van der Waals surface area contributed by atoms with E-state index in [1.807, 2.05) is 6.92 Å². The van der Waals surface area contributed by atoms with Gasteiger partial charge in [0.1, 0.15) is 5.82 Å². The van der Waals surface area contributed by atoms with Crippen molar-refractivity contribution in [3.8, 4) is 0 Å². The lowest BCUT2D eigenvalue weighted by atomic mass is 10.0. The molecule has 1 aromatic carbocycles. The van der Waals surface area contributed by atoms with Crippen molar-refractivity contribution in [1.82, 2.24) is 9.78 Å². The highest BCUT2D eigenvalue weighted by molar-refractivity contribution is 9.10. The SMILES string of the molecule is CCCn1ncc(Cl)c1C(N)c1cc(F)ccc1Br. The van der Waals surface area contributed by atoms with Gasteiger partial charge in [0, 0.05) is 11.0 Å². The van der Waals surface area contributed by atoms with Gasteiger partial charge in [0.05, 0.1) is 23.0 Å². The molecule has 2 rings (SSSR count). The Balaban J connectivity index is 2.46. The molecule has 0 spiro atoms. The second-order valence-electron chi connectivity index (χ2n) is 4.24. The van der Waals surface area contributed by atoms with Crippen LogP contribution in [0.2, 0.25) is 5.02 Å². The van der Waals surface area contributed by atoms with Crippen LogP contribution in [0, 0.1) is 5.82 Å². The molecule has 102 valence electrons. The Hall–Kier alpha value is -0.910. The second-order valence-corrected chi connectivity index (χ2v) is 5.51. The van der Waals surface area contributed by atoms with Crippen molar-refractivity contribution in [2.75, 3.05) is 0 Å². The predicted molar refractivity (Wildman–Crippen MR) is 77.7 cm³/mol. The molecule has 0 fully saturated rings. The normalized spacial score (nSPS) is 12.7. The summed E-state index contributed by atoms with van der Waals surface area (Å²) >= 11 is 9.53. The van der Waals surface area contributed by atoms with Crippen LogP contribution in [0.3, 0.4) is 0 Å². The topological polar surface area (TPSA) is 43.8 Å². The summed E-state index contributed by atoms with van der Waals surface area (Å²) < 4.78 is 15.9. The molecule has 0 aliphatic rings. The first kappa shape index (κ1) is 14.5. The zero-order valence-electron chi connectivity index (χ0n) is 10.4. The molecule has 1 atom stereocenters. The Labute approximate surface area is 124 Å². The first-order chi connectivity index (χ1) is 9.04. The zero-order valence-corrected chi connectivity index (χ0v) is 12.7. The number of aryl methyl sites for hydroxylation is 1. The Morgan fingerprint density at radius 3 is 2.95 bits per heavy atom. The van der Waals surface area contributed by atoms with Crippen molar-refractivity contribution in [2.24, 2.45) is 5.73 Å². The first-order valence-electron chi connectivity index (χ1n) is 5.96. The lowest BCUT2D eigenvalue weighted by Crippen LogP contribution is -2.18. The molecule has 0 saturated carbocycles. The monoisotopic (exact) mass is 345 g/mol. The third-order valence-electron chi connectivity index (χ3n) is 2.86. The van der Waals surface area contributed by atoms with Crippen LogP contribution in [-0.4, -0.2) is 9.78 Å². The molecule has 3 nitrogen and oxygen atoms in total. The van der Waals surface area contributed by atoms with E-state index >= 15 is 0 Å². The van der Waals surface area contributed by atoms with Gasteiger partial charge in [-0.15, -0.1) is 0 Å². The van der Waals surface area contributed by atoms with Crippen molar-refractivity contribution in [3.05, 3.63) is 51.0 Å². The number of nitrogens with two attached hydrogens (primary N) is 1.